The van der Waals surface area contributed by atoms with E-state index in [0.29, 0.717) is 5.58 Å². The zero-order chi connectivity index (χ0) is 13.9. The molecule has 0 saturated carbocycles. The average molecular weight is 286 g/mol. The molecule has 2 aromatic carbocycles. The minimum absolute atomic E-state index is 0.0150. The monoisotopic (exact) mass is 286 g/mol. The van der Waals surface area contributed by atoms with Crippen molar-refractivity contribution in [1.82, 2.24) is 9.97 Å². The second-order valence-electron chi connectivity index (χ2n) is 4.02. The first-order valence-corrected chi connectivity index (χ1v) is 6.70. The lowest BCUT2D eigenvalue weighted by atomic mass is 10.3. The number of H-pyrrole nitrogens is 2. The minimum atomic E-state index is -0.402. The fraction of sp³-hybridized carbons (Fsp3) is 0. The first kappa shape index (κ1) is 12.4. The number of hydrogen-bond acceptors (Lipinski definition) is 4. The molecule has 5 nitrogen and oxygen atoms in total. The van der Waals surface area contributed by atoms with Crippen molar-refractivity contribution in [2.45, 2.75) is 0 Å². The summed E-state index contributed by atoms with van der Waals surface area (Å²) in [4.78, 5) is 26.6. The van der Waals surface area contributed by atoms with Gasteiger partial charge in [0.2, 0.25) is 0 Å². The topological polar surface area (TPSA) is 78.9 Å². The molecule has 20 heavy (non-hydrogen) atoms. The lowest BCUT2D eigenvalue weighted by molar-refractivity contribution is 0.555. The van der Waals surface area contributed by atoms with Crippen LogP contribution < -0.4 is 10.6 Å². The summed E-state index contributed by atoms with van der Waals surface area (Å²) < 4.78 is 5.78. The Labute approximate surface area is 116 Å². The lowest BCUT2D eigenvalue weighted by Crippen LogP contribution is -1.92. The molecule has 0 spiro atoms. The van der Waals surface area contributed by atoms with Crippen molar-refractivity contribution in [2.75, 3.05) is 0 Å². The number of aromatic amines is 2. The first-order chi connectivity index (χ1) is 9.72. The molecule has 0 saturated heterocycles. The molecule has 0 aliphatic rings. The molecule has 0 amide bonds. The number of nitrogens with one attached hydrogen (secondary N) is 2. The molecule has 0 aliphatic carbocycles. The van der Waals surface area contributed by atoms with Gasteiger partial charge >= 0.3 is 10.6 Å². The van der Waals surface area contributed by atoms with Crippen LogP contribution >= 0.6 is 11.3 Å². The van der Waals surface area contributed by atoms with Gasteiger partial charge in [-0.3, -0.25) is 9.78 Å². The quantitative estimate of drug-likeness (QED) is 0.521. The van der Waals surface area contributed by atoms with Crippen LogP contribution in [0.15, 0.2) is 62.5 Å². The zero-order valence-corrected chi connectivity index (χ0v) is 11.1. The molecule has 0 radical (unpaired) electrons. The minimum Gasteiger partial charge on any atom is -0.408 e. The summed E-state index contributed by atoms with van der Waals surface area (Å²) in [6, 6.07) is 14.8. The summed E-state index contributed by atoms with van der Waals surface area (Å²) in [5.74, 6) is -0.402. The number of rotatable bonds is 0. The van der Waals surface area contributed by atoms with Crippen molar-refractivity contribution in [3.8, 4) is 0 Å². The molecular weight excluding hydrogens is 276 g/mol. The third-order valence-electron chi connectivity index (χ3n) is 2.65. The second kappa shape index (κ2) is 5.18. The Morgan fingerprint density at radius 1 is 0.850 bits per heavy atom. The van der Waals surface area contributed by atoms with Gasteiger partial charge in [0.05, 0.1) is 15.7 Å². The van der Waals surface area contributed by atoms with Crippen LogP contribution in [0.1, 0.15) is 0 Å². The Bertz CT molecular complexity index is 809. The van der Waals surface area contributed by atoms with Gasteiger partial charge in [-0.2, -0.15) is 0 Å². The van der Waals surface area contributed by atoms with Gasteiger partial charge in [0.1, 0.15) is 0 Å². The molecule has 0 aliphatic heterocycles. The van der Waals surface area contributed by atoms with E-state index in [9.17, 15) is 9.59 Å². The average Bonchev–Trinajstić information content (AvgIpc) is 2.99. The molecule has 0 fully saturated rings. The predicted molar refractivity (Wildman–Crippen MR) is 79.3 cm³/mol. The van der Waals surface area contributed by atoms with E-state index in [1.165, 1.54) is 11.3 Å². The summed E-state index contributed by atoms with van der Waals surface area (Å²) >= 11 is 1.24. The van der Waals surface area contributed by atoms with Crippen LogP contribution in [0.2, 0.25) is 0 Å². The van der Waals surface area contributed by atoms with Crippen LogP contribution in [0.25, 0.3) is 21.3 Å². The standard InChI is InChI=1S/C7H5NO2.C7H5NOS/c2*9-7-8-5-3-1-2-4-6(5)10-7/h2*1-4H,(H,8,9). The Balaban J connectivity index is 0.000000121. The van der Waals surface area contributed by atoms with Gasteiger partial charge in [0.15, 0.2) is 5.58 Å². The lowest BCUT2D eigenvalue weighted by Gasteiger charge is -1.81. The van der Waals surface area contributed by atoms with Gasteiger partial charge in [-0.05, 0) is 24.3 Å². The predicted octanol–water partition coefficient (Wildman–Crippen LogP) is 2.71. The number of hydrogen-bond donors (Lipinski definition) is 2. The number of benzene rings is 2. The van der Waals surface area contributed by atoms with Crippen LogP contribution in [-0.2, 0) is 0 Å². The van der Waals surface area contributed by atoms with E-state index in [0.717, 1.165) is 15.7 Å². The van der Waals surface area contributed by atoms with E-state index in [2.05, 4.69) is 9.97 Å². The van der Waals surface area contributed by atoms with E-state index < -0.39 is 5.76 Å². The molecule has 2 heterocycles. The Morgan fingerprint density at radius 2 is 1.55 bits per heavy atom. The normalized spacial score (nSPS) is 10.4. The second-order valence-corrected chi connectivity index (χ2v) is 5.04. The number of fused-ring (bicyclic) bond motifs is 2. The zero-order valence-electron chi connectivity index (χ0n) is 10.3. The summed E-state index contributed by atoms with van der Waals surface area (Å²) in [6.07, 6.45) is 0. The fourth-order valence-corrected chi connectivity index (χ4v) is 2.52. The van der Waals surface area contributed by atoms with Gasteiger partial charge in [0, 0.05) is 0 Å². The summed E-state index contributed by atoms with van der Waals surface area (Å²) in [7, 11) is 0. The Hall–Kier alpha value is -2.60. The summed E-state index contributed by atoms with van der Waals surface area (Å²) in [6.45, 7) is 0. The molecule has 0 bridgehead atoms. The summed E-state index contributed by atoms with van der Waals surface area (Å²) in [5.41, 5.74) is 2.28. The van der Waals surface area contributed by atoms with Crippen LogP contribution in [0.4, 0.5) is 0 Å². The van der Waals surface area contributed by atoms with Gasteiger partial charge in [0.25, 0.3) is 0 Å². The van der Waals surface area contributed by atoms with E-state index in [4.69, 9.17) is 4.42 Å². The van der Waals surface area contributed by atoms with Gasteiger partial charge < -0.3 is 9.40 Å². The molecule has 100 valence electrons. The Morgan fingerprint density at radius 3 is 2.30 bits per heavy atom. The van der Waals surface area contributed by atoms with Crippen LogP contribution in [0, 0.1) is 0 Å². The highest BCUT2D eigenvalue weighted by Gasteiger charge is 1.95. The maximum absolute atomic E-state index is 10.8. The third-order valence-corrected chi connectivity index (χ3v) is 3.52. The highest BCUT2D eigenvalue weighted by Crippen LogP contribution is 2.11. The maximum atomic E-state index is 10.8. The molecule has 2 N–H and O–H groups in total. The SMILES string of the molecule is O=c1[nH]c2ccccc2o1.O=c1[nH]c2ccccc2s1. The smallest absolute Gasteiger partial charge is 0.408 e. The van der Waals surface area contributed by atoms with Crippen molar-refractivity contribution in [3.63, 3.8) is 0 Å². The highest BCUT2D eigenvalue weighted by molar-refractivity contribution is 7.16. The van der Waals surface area contributed by atoms with Gasteiger partial charge in [-0.25, -0.2) is 4.79 Å². The number of aromatic nitrogens is 2. The van der Waals surface area contributed by atoms with E-state index in [1.807, 2.05) is 36.4 Å². The van der Waals surface area contributed by atoms with Crippen molar-refractivity contribution in [3.05, 3.63) is 68.7 Å². The van der Waals surface area contributed by atoms with Crippen LogP contribution in [-0.4, -0.2) is 9.97 Å². The number of thiazole rings is 1. The van der Waals surface area contributed by atoms with Crippen LogP contribution in [0.3, 0.4) is 0 Å². The molecule has 4 aromatic rings. The van der Waals surface area contributed by atoms with E-state index in [-0.39, 0.29) is 4.87 Å². The van der Waals surface area contributed by atoms with Gasteiger partial charge in [-0.1, -0.05) is 35.6 Å². The summed E-state index contributed by atoms with van der Waals surface area (Å²) in [5, 5.41) is 0. The van der Waals surface area contributed by atoms with Crippen molar-refractivity contribution in [1.29, 1.82) is 0 Å². The molecule has 2 aromatic heterocycles. The largest absolute Gasteiger partial charge is 0.417 e. The molecule has 6 heteroatoms. The molecule has 0 atom stereocenters. The highest BCUT2D eigenvalue weighted by atomic mass is 32.1. The van der Waals surface area contributed by atoms with Crippen molar-refractivity contribution in [2.24, 2.45) is 0 Å². The Kier molecular flexibility index (Phi) is 3.22. The first-order valence-electron chi connectivity index (χ1n) is 5.88. The number of oxazole rings is 1. The van der Waals surface area contributed by atoms with Crippen molar-refractivity contribution >= 4 is 32.7 Å². The van der Waals surface area contributed by atoms with E-state index in [1.54, 1.807) is 12.1 Å². The van der Waals surface area contributed by atoms with Crippen molar-refractivity contribution < 1.29 is 4.42 Å². The van der Waals surface area contributed by atoms with E-state index >= 15 is 0 Å². The third kappa shape index (κ3) is 2.55. The fourth-order valence-electron chi connectivity index (χ4n) is 1.79. The van der Waals surface area contributed by atoms with Crippen LogP contribution in [0.5, 0.6) is 0 Å². The molecule has 0 unspecified atom stereocenters. The molecular formula is C14H10N2O3S. The number of para-hydroxylation sites is 3. The molecule has 4 rings (SSSR count). The van der Waals surface area contributed by atoms with Gasteiger partial charge in [-0.15, -0.1) is 0 Å². The maximum Gasteiger partial charge on any atom is 0.417 e.